The van der Waals surface area contributed by atoms with Gasteiger partial charge in [-0.3, -0.25) is 4.79 Å². The summed E-state index contributed by atoms with van der Waals surface area (Å²) < 4.78 is 37.7. The highest BCUT2D eigenvalue weighted by molar-refractivity contribution is 5.97. The normalized spacial score (nSPS) is 11.8. The lowest BCUT2D eigenvalue weighted by Gasteiger charge is -2.07. The lowest BCUT2D eigenvalue weighted by atomic mass is 10.2. The van der Waals surface area contributed by atoms with E-state index in [0.717, 1.165) is 5.52 Å². The number of benzene rings is 1. The number of carbonyl (C=O) groups is 1. The van der Waals surface area contributed by atoms with Gasteiger partial charge in [0, 0.05) is 25.6 Å². The zero-order valence-electron chi connectivity index (χ0n) is 10.9. The minimum Gasteiger partial charge on any atom is -0.352 e. The van der Waals surface area contributed by atoms with Crippen LogP contribution in [-0.4, -0.2) is 28.2 Å². The topological polar surface area (TPSA) is 46.9 Å². The predicted molar refractivity (Wildman–Crippen MR) is 68.3 cm³/mol. The zero-order chi connectivity index (χ0) is 14.8. The van der Waals surface area contributed by atoms with Gasteiger partial charge < -0.3 is 9.88 Å². The maximum atomic E-state index is 12.0. The van der Waals surface area contributed by atoms with Crippen molar-refractivity contribution in [1.29, 1.82) is 0 Å². The molecule has 1 heterocycles. The number of rotatable bonds is 4. The summed E-state index contributed by atoms with van der Waals surface area (Å²) in [5.41, 5.74) is 1.96. The molecule has 1 amide bonds. The molecule has 2 aromatic rings. The minimum atomic E-state index is -4.18. The van der Waals surface area contributed by atoms with Gasteiger partial charge >= 0.3 is 6.18 Å². The van der Waals surface area contributed by atoms with Crippen molar-refractivity contribution in [2.45, 2.75) is 19.0 Å². The Labute approximate surface area is 113 Å². The molecule has 1 aromatic carbocycles. The maximum absolute atomic E-state index is 12.0. The molecule has 1 N–H and O–H groups in total. The number of nitrogens with one attached hydrogen (secondary N) is 1. The molecule has 20 heavy (non-hydrogen) atoms. The van der Waals surface area contributed by atoms with E-state index >= 15 is 0 Å². The maximum Gasteiger partial charge on any atom is 0.389 e. The first-order valence-electron chi connectivity index (χ1n) is 6.13. The average Bonchev–Trinajstić information content (AvgIpc) is 2.74. The predicted octanol–water partition coefficient (Wildman–Crippen LogP) is 2.65. The van der Waals surface area contributed by atoms with Crippen LogP contribution in [-0.2, 0) is 7.05 Å². The fourth-order valence-corrected chi connectivity index (χ4v) is 1.87. The summed E-state index contributed by atoms with van der Waals surface area (Å²) in [5, 5.41) is 2.47. The van der Waals surface area contributed by atoms with Crippen LogP contribution in [0.4, 0.5) is 13.2 Å². The number of halogens is 3. The summed E-state index contributed by atoms with van der Waals surface area (Å²) >= 11 is 0. The van der Waals surface area contributed by atoms with Crippen LogP contribution < -0.4 is 5.32 Å². The molecule has 108 valence electrons. The molecule has 7 heteroatoms. The van der Waals surface area contributed by atoms with E-state index in [1.54, 1.807) is 24.5 Å². The van der Waals surface area contributed by atoms with Crippen LogP contribution in [0.1, 0.15) is 23.2 Å². The standard InChI is InChI=1S/C13H14F3N3O/c1-19-8-18-10-7-9(3-4-11(10)19)12(20)17-6-2-5-13(14,15)16/h3-4,7-8H,2,5-6H2,1H3,(H,17,20). The Morgan fingerprint density at radius 1 is 1.40 bits per heavy atom. The first-order valence-corrected chi connectivity index (χ1v) is 6.13. The number of imidazole rings is 1. The minimum absolute atomic E-state index is 0.00139. The summed E-state index contributed by atoms with van der Waals surface area (Å²) in [5.74, 6) is -0.389. The van der Waals surface area contributed by atoms with Crippen molar-refractivity contribution in [3.05, 3.63) is 30.1 Å². The number of hydrogen-bond donors (Lipinski definition) is 1. The summed E-state index contributed by atoms with van der Waals surface area (Å²) in [4.78, 5) is 15.9. The van der Waals surface area contributed by atoms with Gasteiger partial charge in [-0.05, 0) is 24.6 Å². The van der Waals surface area contributed by atoms with Crippen molar-refractivity contribution in [3.63, 3.8) is 0 Å². The smallest absolute Gasteiger partial charge is 0.352 e. The molecule has 4 nitrogen and oxygen atoms in total. The van der Waals surface area contributed by atoms with Crippen molar-refractivity contribution in [3.8, 4) is 0 Å². The van der Waals surface area contributed by atoms with Crippen LogP contribution in [0.25, 0.3) is 11.0 Å². The Hall–Kier alpha value is -2.05. The van der Waals surface area contributed by atoms with Crippen LogP contribution in [0.5, 0.6) is 0 Å². The molecule has 0 spiro atoms. The number of nitrogens with zero attached hydrogens (tertiary/aromatic N) is 2. The van der Waals surface area contributed by atoms with Gasteiger partial charge in [-0.15, -0.1) is 0 Å². The van der Waals surface area contributed by atoms with Crippen molar-refractivity contribution in [1.82, 2.24) is 14.9 Å². The van der Waals surface area contributed by atoms with E-state index in [9.17, 15) is 18.0 Å². The lowest BCUT2D eigenvalue weighted by molar-refractivity contribution is -0.135. The molecule has 0 saturated heterocycles. The highest BCUT2D eigenvalue weighted by Crippen LogP contribution is 2.20. The van der Waals surface area contributed by atoms with Crippen molar-refractivity contribution < 1.29 is 18.0 Å². The molecule has 0 fully saturated rings. The molecule has 2 rings (SSSR count). The van der Waals surface area contributed by atoms with E-state index in [4.69, 9.17) is 0 Å². The van der Waals surface area contributed by atoms with Crippen LogP contribution >= 0.6 is 0 Å². The molecule has 0 radical (unpaired) electrons. The van der Waals surface area contributed by atoms with Gasteiger partial charge in [0.05, 0.1) is 17.4 Å². The molecule has 0 bridgehead atoms. The Morgan fingerprint density at radius 3 is 2.85 bits per heavy atom. The van der Waals surface area contributed by atoms with Gasteiger partial charge in [-0.2, -0.15) is 13.2 Å². The number of fused-ring (bicyclic) bond motifs is 1. The number of carbonyl (C=O) groups excluding carboxylic acids is 1. The third-order valence-corrected chi connectivity index (χ3v) is 2.91. The highest BCUT2D eigenvalue weighted by atomic mass is 19.4. The van der Waals surface area contributed by atoms with Gasteiger partial charge in [0.2, 0.25) is 0 Å². The summed E-state index contributed by atoms with van der Waals surface area (Å²) in [6, 6.07) is 5.00. The molecule has 0 saturated carbocycles. The van der Waals surface area contributed by atoms with E-state index in [1.807, 2.05) is 11.6 Å². The van der Waals surface area contributed by atoms with Crippen molar-refractivity contribution >= 4 is 16.9 Å². The molecule has 0 aliphatic rings. The number of amides is 1. The lowest BCUT2D eigenvalue weighted by Crippen LogP contribution is -2.25. The molecule has 0 unspecified atom stereocenters. The number of hydrogen-bond acceptors (Lipinski definition) is 2. The first-order chi connectivity index (χ1) is 9.37. The third kappa shape index (κ3) is 3.49. The molecule has 0 aliphatic heterocycles. The largest absolute Gasteiger partial charge is 0.389 e. The van der Waals surface area contributed by atoms with Crippen LogP contribution in [0.3, 0.4) is 0 Å². The van der Waals surface area contributed by atoms with Crippen LogP contribution in [0.15, 0.2) is 24.5 Å². The van der Waals surface area contributed by atoms with Gasteiger partial charge in [0.1, 0.15) is 0 Å². The van der Waals surface area contributed by atoms with Gasteiger partial charge in [-0.25, -0.2) is 4.98 Å². The molecule has 0 atom stereocenters. The molecule has 0 aliphatic carbocycles. The third-order valence-electron chi connectivity index (χ3n) is 2.91. The molecule has 1 aromatic heterocycles. The van der Waals surface area contributed by atoms with Crippen LogP contribution in [0, 0.1) is 0 Å². The SMILES string of the molecule is Cn1cnc2cc(C(=O)NCCCC(F)(F)F)ccc21. The monoisotopic (exact) mass is 285 g/mol. The quantitative estimate of drug-likeness (QED) is 0.878. The fourth-order valence-electron chi connectivity index (χ4n) is 1.87. The van der Waals surface area contributed by atoms with Gasteiger partial charge in [-0.1, -0.05) is 0 Å². The Balaban J connectivity index is 1.94. The fraction of sp³-hybridized carbons (Fsp3) is 0.385. The van der Waals surface area contributed by atoms with E-state index in [0.29, 0.717) is 11.1 Å². The van der Waals surface area contributed by atoms with Crippen LogP contribution in [0.2, 0.25) is 0 Å². The highest BCUT2D eigenvalue weighted by Gasteiger charge is 2.26. The van der Waals surface area contributed by atoms with Crippen molar-refractivity contribution in [2.75, 3.05) is 6.54 Å². The van der Waals surface area contributed by atoms with E-state index in [1.165, 1.54) is 0 Å². The summed E-state index contributed by atoms with van der Waals surface area (Å²) in [6.07, 6.45) is -3.57. The second-order valence-electron chi connectivity index (χ2n) is 4.53. The second kappa shape index (κ2) is 5.52. The average molecular weight is 285 g/mol. The molecular weight excluding hydrogens is 271 g/mol. The van der Waals surface area contributed by atoms with E-state index < -0.39 is 12.6 Å². The Bertz CT molecular complexity index is 619. The summed E-state index contributed by atoms with van der Waals surface area (Å²) in [7, 11) is 1.84. The second-order valence-corrected chi connectivity index (χ2v) is 4.53. The Kier molecular flexibility index (Phi) is 3.96. The van der Waals surface area contributed by atoms with Crippen molar-refractivity contribution in [2.24, 2.45) is 7.05 Å². The van der Waals surface area contributed by atoms with E-state index in [2.05, 4.69) is 10.3 Å². The first kappa shape index (κ1) is 14.4. The number of aromatic nitrogens is 2. The van der Waals surface area contributed by atoms with Gasteiger partial charge in [0.25, 0.3) is 5.91 Å². The van der Waals surface area contributed by atoms with Gasteiger partial charge in [0.15, 0.2) is 0 Å². The zero-order valence-corrected chi connectivity index (χ0v) is 10.9. The number of alkyl halides is 3. The Morgan fingerprint density at radius 2 is 2.15 bits per heavy atom. The summed E-state index contributed by atoms with van der Waals surface area (Å²) in [6.45, 7) is -0.00139. The van der Waals surface area contributed by atoms with E-state index in [-0.39, 0.29) is 18.9 Å². The molecular formula is C13H14F3N3O. The number of aryl methyl sites for hydroxylation is 1.